The van der Waals surface area contributed by atoms with Crippen molar-refractivity contribution in [2.75, 3.05) is 6.54 Å². The molecule has 1 heterocycles. The van der Waals surface area contributed by atoms with Crippen LogP contribution in [0.15, 0.2) is 22.1 Å². The lowest BCUT2D eigenvalue weighted by molar-refractivity contribution is 0.557. The average molecular weight is 214 g/mol. The second kappa shape index (κ2) is 5.23. The summed E-state index contributed by atoms with van der Waals surface area (Å²) in [5.74, 6) is 0.804. The van der Waals surface area contributed by atoms with Gasteiger partial charge in [-0.25, -0.2) is 0 Å². The first-order chi connectivity index (χ1) is 6.58. The fourth-order valence-electron chi connectivity index (χ4n) is 1.06. The summed E-state index contributed by atoms with van der Waals surface area (Å²) >= 11 is 5.66. The van der Waals surface area contributed by atoms with Gasteiger partial charge >= 0.3 is 0 Å². The van der Waals surface area contributed by atoms with Gasteiger partial charge in [0.2, 0.25) is 0 Å². The van der Waals surface area contributed by atoms with E-state index in [1.165, 1.54) is 5.57 Å². The van der Waals surface area contributed by atoms with E-state index in [2.05, 4.69) is 26.1 Å². The molecule has 0 aliphatic carbocycles. The number of nitrogens with one attached hydrogen (secondary N) is 1. The van der Waals surface area contributed by atoms with E-state index in [1.54, 1.807) is 6.07 Å². The van der Waals surface area contributed by atoms with Crippen LogP contribution in [0.2, 0.25) is 5.22 Å². The van der Waals surface area contributed by atoms with Crippen molar-refractivity contribution in [1.29, 1.82) is 0 Å². The van der Waals surface area contributed by atoms with Crippen LogP contribution in [0.25, 0.3) is 6.08 Å². The maximum atomic E-state index is 5.66. The van der Waals surface area contributed by atoms with Gasteiger partial charge in [-0.15, -0.1) is 0 Å². The molecule has 0 saturated heterocycles. The molecule has 0 fully saturated rings. The first-order valence-electron chi connectivity index (χ1n) is 4.74. The number of rotatable bonds is 4. The van der Waals surface area contributed by atoms with Crippen molar-refractivity contribution in [2.45, 2.75) is 26.8 Å². The lowest BCUT2D eigenvalue weighted by atomic mass is 10.2. The summed E-state index contributed by atoms with van der Waals surface area (Å²) in [5, 5.41) is 3.76. The molecule has 0 unspecified atom stereocenters. The average Bonchev–Trinajstić information content (AvgIpc) is 2.48. The lowest BCUT2D eigenvalue weighted by Crippen LogP contribution is -2.24. The van der Waals surface area contributed by atoms with Crippen LogP contribution in [0, 0.1) is 0 Å². The second-order valence-electron chi connectivity index (χ2n) is 3.67. The SMILES string of the molecule is CC(=Cc1ccc(Cl)o1)CNC(C)C. The van der Waals surface area contributed by atoms with E-state index < -0.39 is 0 Å². The van der Waals surface area contributed by atoms with Crippen LogP contribution in [0.1, 0.15) is 26.5 Å². The highest BCUT2D eigenvalue weighted by molar-refractivity contribution is 6.28. The maximum absolute atomic E-state index is 5.66. The van der Waals surface area contributed by atoms with Crippen LogP contribution in [0.4, 0.5) is 0 Å². The first kappa shape index (κ1) is 11.3. The summed E-state index contributed by atoms with van der Waals surface area (Å²) in [5.41, 5.74) is 1.23. The summed E-state index contributed by atoms with van der Waals surface area (Å²) in [4.78, 5) is 0. The van der Waals surface area contributed by atoms with Gasteiger partial charge in [0.25, 0.3) is 0 Å². The van der Waals surface area contributed by atoms with E-state index in [1.807, 2.05) is 12.1 Å². The molecule has 0 aliphatic rings. The molecular formula is C11H16ClNO. The quantitative estimate of drug-likeness (QED) is 0.830. The van der Waals surface area contributed by atoms with Crippen LogP contribution >= 0.6 is 11.6 Å². The summed E-state index contributed by atoms with van der Waals surface area (Å²) in [6, 6.07) is 4.11. The molecule has 0 atom stereocenters. The standard InChI is InChI=1S/C11H16ClNO/c1-8(2)13-7-9(3)6-10-4-5-11(12)14-10/h4-6,8,13H,7H2,1-3H3. The Morgan fingerprint density at radius 3 is 2.79 bits per heavy atom. The Kier molecular flexibility index (Phi) is 4.23. The zero-order valence-electron chi connectivity index (χ0n) is 8.80. The summed E-state index contributed by atoms with van der Waals surface area (Å²) in [7, 11) is 0. The molecule has 1 aromatic rings. The van der Waals surface area contributed by atoms with Gasteiger partial charge in [-0.3, -0.25) is 0 Å². The van der Waals surface area contributed by atoms with Gasteiger partial charge in [-0.1, -0.05) is 19.4 Å². The summed E-state index contributed by atoms with van der Waals surface area (Å²) < 4.78 is 5.22. The summed E-state index contributed by atoms with van der Waals surface area (Å²) in [6.07, 6.45) is 1.99. The van der Waals surface area contributed by atoms with Gasteiger partial charge in [0.1, 0.15) is 5.76 Å². The predicted molar refractivity (Wildman–Crippen MR) is 60.5 cm³/mol. The molecular weight excluding hydrogens is 198 g/mol. The zero-order valence-corrected chi connectivity index (χ0v) is 9.56. The van der Waals surface area contributed by atoms with Gasteiger partial charge in [0.05, 0.1) is 0 Å². The molecule has 1 rings (SSSR count). The van der Waals surface area contributed by atoms with Crippen LogP contribution in [0.3, 0.4) is 0 Å². The molecule has 78 valence electrons. The highest BCUT2D eigenvalue weighted by atomic mass is 35.5. The first-order valence-corrected chi connectivity index (χ1v) is 5.11. The number of hydrogen-bond acceptors (Lipinski definition) is 2. The predicted octanol–water partition coefficient (Wildman–Crippen LogP) is 3.33. The minimum absolute atomic E-state index is 0.431. The second-order valence-corrected chi connectivity index (χ2v) is 4.04. The van der Waals surface area contributed by atoms with Crippen LogP contribution in [-0.4, -0.2) is 12.6 Å². The molecule has 0 amide bonds. The Morgan fingerprint density at radius 1 is 1.57 bits per heavy atom. The minimum Gasteiger partial charge on any atom is -0.445 e. The van der Waals surface area contributed by atoms with Crippen molar-refractivity contribution in [1.82, 2.24) is 5.32 Å². The Balaban J connectivity index is 2.51. The Labute approximate surface area is 89.9 Å². The molecule has 1 aromatic heterocycles. The largest absolute Gasteiger partial charge is 0.445 e. The van der Waals surface area contributed by atoms with E-state index in [0.29, 0.717) is 11.3 Å². The van der Waals surface area contributed by atoms with Crippen molar-refractivity contribution in [3.63, 3.8) is 0 Å². The zero-order chi connectivity index (χ0) is 10.6. The molecule has 0 aromatic carbocycles. The smallest absolute Gasteiger partial charge is 0.193 e. The number of furan rings is 1. The maximum Gasteiger partial charge on any atom is 0.193 e. The molecule has 3 heteroatoms. The van der Waals surface area contributed by atoms with E-state index in [0.717, 1.165) is 12.3 Å². The molecule has 2 nitrogen and oxygen atoms in total. The fraction of sp³-hybridized carbons (Fsp3) is 0.455. The van der Waals surface area contributed by atoms with Gasteiger partial charge in [-0.05, 0) is 36.7 Å². The molecule has 14 heavy (non-hydrogen) atoms. The number of hydrogen-bond donors (Lipinski definition) is 1. The molecule has 0 aliphatic heterocycles. The summed E-state index contributed by atoms with van der Waals surface area (Å²) in [6.45, 7) is 7.18. The van der Waals surface area contributed by atoms with Crippen LogP contribution in [0.5, 0.6) is 0 Å². The normalized spacial score (nSPS) is 12.5. The van der Waals surface area contributed by atoms with Gasteiger partial charge < -0.3 is 9.73 Å². The van der Waals surface area contributed by atoms with Gasteiger partial charge in [-0.2, -0.15) is 0 Å². The van der Waals surface area contributed by atoms with E-state index in [4.69, 9.17) is 16.0 Å². The highest BCUT2D eigenvalue weighted by Crippen LogP contribution is 2.15. The molecule has 0 bridgehead atoms. The Morgan fingerprint density at radius 2 is 2.29 bits per heavy atom. The fourth-order valence-corrected chi connectivity index (χ4v) is 1.22. The van der Waals surface area contributed by atoms with Crippen molar-refractivity contribution in [3.8, 4) is 0 Å². The lowest BCUT2D eigenvalue weighted by Gasteiger charge is -2.07. The van der Waals surface area contributed by atoms with E-state index in [9.17, 15) is 0 Å². The van der Waals surface area contributed by atoms with Crippen LogP contribution in [-0.2, 0) is 0 Å². The van der Waals surface area contributed by atoms with Crippen molar-refractivity contribution in [2.24, 2.45) is 0 Å². The molecule has 0 saturated carbocycles. The molecule has 0 spiro atoms. The number of halogens is 1. The van der Waals surface area contributed by atoms with Gasteiger partial charge in [0, 0.05) is 12.6 Å². The van der Waals surface area contributed by atoms with E-state index >= 15 is 0 Å². The monoisotopic (exact) mass is 213 g/mol. The topological polar surface area (TPSA) is 25.2 Å². The Hall–Kier alpha value is -0.730. The van der Waals surface area contributed by atoms with Crippen molar-refractivity contribution < 1.29 is 4.42 Å². The van der Waals surface area contributed by atoms with Gasteiger partial charge in [0.15, 0.2) is 5.22 Å². The highest BCUT2D eigenvalue weighted by Gasteiger charge is 1.98. The third kappa shape index (κ3) is 3.99. The molecule has 0 radical (unpaired) electrons. The van der Waals surface area contributed by atoms with Crippen molar-refractivity contribution >= 4 is 17.7 Å². The Bertz CT molecular complexity index is 315. The third-order valence-corrected chi connectivity index (χ3v) is 1.97. The van der Waals surface area contributed by atoms with Crippen molar-refractivity contribution in [3.05, 3.63) is 28.7 Å². The van der Waals surface area contributed by atoms with E-state index in [-0.39, 0.29) is 0 Å². The van der Waals surface area contributed by atoms with Crippen LogP contribution < -0.4 is 5.32 Å². The molecule has 1 N–H and O–H groups in total. The third-order valence-electron chi connectivity index (χ3n) is 1.77. The minimum atomic E-state index is 0.431.